The molecule has 112 valence electrons. The summed E-state index contributed by atoms with van der Waals surface area (Å²) in [5, 5.41) is 10.5. The van der Waals surface area contributed by atoms with Crippen LogP contribution in [0.15, 0.2) is 18.2 Å². The molecule has 1 N–H and O–H groups in total. The smallest absolute Gasteiger partial charge is 0.161 e. The van der Waals surface area contributed by atoms with Crippen molar-refractivity contribution in [1.82, 2.24) is 0 Å². The number of aliphatic hydroxyl groups is 1. The van der Waals surface area contributed by atoms with Gasteiger partial charge in [-0.15, -0.1) is 0 Å². The first kappa shape index (κ1) is 15.1. The highest BCUT2D eigenvalue weighted by molar-refractivity contribution is 5.43. The number of ether oxygens (including phenoxy) is 3. The van der Waals surface area contributed by atoms with Gasteiger partial charge in [-0.25, -0.2) is 0 Å². The van der Waals surface area contributed by atoms with Gasteiger partial charge >= 0.3 is 0 Å². The summed E-state index contributed by atoms with van der Waals surface area (Å²) in [4.78, 5) is 0. The molecular weight excluding hydrogens is 256 g/mol. The fourth-order valence-corrected chi connectivity index (χ4v) is 2.54. The first-order valence-electron chi connectivity index (χ1n) is 7.41. The van der Waals surface area contributed by atoms with E-state index in [0.717, 1.165) is 30.8 Å². The van der Waals surface area contributed by atoms with Crippen molar-refractivity contribution in [1.29, 1.82) is 0 Å². The van der Waals surface area contributed by atoms with Gasteiger partial charge in [0.15, 0.2) is 11.5 Å². The molecule has 4 heteroatoms. The van der Waals surface area contributed by atoms with Gasteiger partial charge in [0.25, 0.3) is 0 Å². The van der Waals surface area contributed by atoms with Crippen LogP contribution in [-0.2, 0) is 4.74 Å². The van der Waals surface area contributed by atoms with Gasteiger partial charge in [0.1, 0.15) is 0 Å². The Hall–Kier alpha value is -1.26. The molecule has 1 fully saturated rings. The summed E-state index contributed by atoms with van der Waals surface area (Å²) >= 11 is 0. The predicted octanol–water partition coefficient (Wildman–Crippen LogP) is 2.94. The van der Waals surface area contributed by atoms with E-state index in [-0.39, 0.29) is 5.92 Å². The summed E-state index contributed by atoms with van der Waals surface area (Å²) in [6, 6.07) is 5.66. The van der Waals surface area contributed by atoms with Crippen molar-refractivity contribution in [2.45, 2.75) is 32.8 Å². The molecule has 0 aromatic heterocycles. The molecule has 0 saturated carbocycles. The molecule has 1 saturated heterocycles. The van der Waals surface area contributed by atoms with Crippen molar-refractivity contribution in [3.8, 4) is 11.5 Å². The van der Waals surface area contributed by atoms with Crippen LogP contribution in [0.3, 0.4) is 0 Å². The predicted molar refractivity (Wildman–Crippen MR) is 77.3 cm³/mol. The summed E-state index contributed by atoms with van der Waals surface area (Å²) in [6.07, 6.45) is 1.50. The molecule has 1 aromatic rings. The van der Waals surface area contributed by atoms with Gasteiger partial charge in [0.05, 0.1) is 25.9 Å². The normalized spacial score (nSPS) is 20.4. The van der Waals surface area contributed by atoms with E-state index in [9.17, 15) is 5.11 Å². The highest BCUT2D eigenvalue weighted by Crippen LogP contribution is 2.35. The molecule has 2 unspecified atom stereocenters. The quantitative estimate of drug-likeness (QED) is 0.870. The van der Waals surface area contributed by atoms with Crippen LogP contribution >= 0.6 is 0 Å². The van der Waals surface area contributed by atoms with Crippen LogP contribution in [0.2, 0.25) is 0 Å². The molecule has 0 radical (unpaired) electrons. The molecule has 4 nitrogen and oxygen atoms in total. The van der Waals surface area contributed by atoms with E-state index in [4.69, 9.17) is 14.2 Å². The average Bonchev–Trinajstić information content (AvgIpc) is 2.50. The Kier molecular flexibility index (Phi) is 5.68. The molecule has 2 rings (SSSR count). The summed E-state index contributed by atoms with van der Waals surface area (Å²) in [6.45, 7) is 6.48. The maximum absolute atomic E-state index is 10.5. The summed E-state index contributed by atoms with van der Waals surface area (Å²) in [5.41, 5.74) is 0.868. The Balaban J connectivity index is 2.16. The molecule has 1 aromatic carbocycles. The van der Waals surface area contributed by atoms with Crippen molar-refractivity contribution in [2.24, 2.45) is 5.92 Å². The zero-order valence-electron chi connectivity index (χ0n) is 12.3. The third-order valence-electron chi connectivity index (χ3n) is 3.55. The van der Waals surface area contributed by atoms with Gasteiger partial charge < -0.3 is 19.3 Å². The first-order valence-corrected chi connectivity index (χ1v) is 7.41. The lowest BCUT2D eigenvalue weighted by molar-refractivity contribution is -0.0101. The van der Waals surface area contributed by atoms with Crippen molar-refractivity contribution < 1.29 is 19.3 Å². The highest BCUT2D eigenvalue weighted by atomic mass is 16.5. The lowest BCUT2D eigenvalue weighted by Gasteiger charge is -2.27. The Morgan fingerprint density at radius 3 is 2.65 bits per heavy atom. The largest absolute Gasteiger partial charge is 0.490 e. The van der Waals surface area contributed by atoms with Crippen LogP contribution in [0, 0.1) is 5.92 Å². The summed E-state index contributed by atoms with van der Waals surface area (Å²) < 4.78 is 16.6. The van der Waals surface area contributed by atoms with Crippen LogP contribution in [-0.4, -0.2) is 31.5 Å². The summed E-state index contributed by atoms with van der Waals surface area (Å²) in [7, 11) is 0. The van der Waals surface area contributed by atoms with Crippen molar-refractivity contribution in [2.75, 3.05) is 26.4 Å². The maximum atomic E-state index is 10.5. The summed E-state index contributed by atoms with van der Waals surface area (Å²) in [5.74, 6) is 1.59. The minimum Gasteiger partial charge on any atom is -0.490 e. The monoisotopic (exact) mass is 280 g/mol. The second-order valence-corrected chi connectivity index (χ2v) is 4.99. The lowest BCUT2D eigenvalue weighted by atomic mass is 9.91. The number of rotatable bonds is 6. The van der Waals surface area contributed by atoms with Gasteiger partial charge in [-0.2, -0.15) is 0 Å². The van der Waals surface area contributed by atoms with E-state index in [0.29, 0.717) is 25.6 Å². The third kappa shape index (κ3) is 3.64. The molecular formula is C16H24O4. The van der Waals surface area contributed by atoms with E-state index >= 15 is 0 Å². The molecule has 0 aliphatic carbocycles. The molecule has 20 heavy (non-hydrogen) atoms. The van der Waals surface area contributed by atoms with E-state index < -0.39 is 6.10 Å². The second kappa shape index (κ2) is 7.50. The van der Waals surface area contributed by atoms with E-state index in [2.05, 4.69) is 0 Å². The van der Waals surface area contributed by atoms with Gasteiger partial charge in [-0.1, -0.05) is 6.07 Å². The SMILES string of the molecule is CCOc1ccc(C(O)C2CCCOC2)cc1OCC. The van der Waals surface area contributed by atoms with E-state index in [1.165, 1.54) is 0 Å². The number of hydrogen-bond acceptors (Lipinski definition) is 4. The lowest BCUT2D eigenvalue weighted by Crippen LogP contribution is -2.23. The minimum absolute atomic E-state index is 0.163. The van der Waals surface area contributed by atoms with Gasteiger partial charge in [-0.3, -0.25) is 0 Å². The van der Waals surface area contributed by atoms with Crippen LogP contribution in [0.5, 0.6) is 11.5 Å². The van der Waals surface area contributed by atoms with Gasteiger partial charge in [0, 0.05) is 12.5 Å². The molecule has 1 aliphatic rings. The molecule has 2 atom stereocenters. The standard InChI is InChI=1S/C16H24O4/c1-3-19-14-8-7-12(10-15(14)20-4-2)16(17)13-6-5-9-18-11-13/h7-8,10,13,16-17H,3-6,9,11H2,1-2H3. The molecule has 0 spiro atoms. The van der Waals surface area contributed by atoms with Crippen molar-refractivity contribution in [3.63, 3.8) is 0 Å². The fraction of sp³-hybridized carbons (Fsp3) is 0.625. The zero-order valence-corrected chi connectivity index (χ0v) is 12.3. The second-order valence-electron chi connectivity index (χ2n) is 4.99. The Labute approximate surface area is 120 Å². The third-order valence-corrected chi connectivity index (χ3v) is 3.55. The van der Waals surface area contributed by atoms with Crippen LogP contribution in [0.1, 0.15) is 38.4 Å². The Morgan fingerprint density at radius 1 is 1.25 bits per heavy atom. The number of hydrogen-bond donors (Lipinski definition) is 1. The van der Waals surface area contributed by atoms with E-state index in [1.807, 2.05) is 32.0 Å². The van der Waals surface area contributed by atoms with Crippen molar-refractivity contribution in [3.05, 3.63) is 23.8 Å². The minimum atomic E-state index is -0.509. The maximum Gasteiger partial charge on any atom is 0.161 e. The highest BCUT2D eigenvalue weighted by Gasteiger charge is 2.24. The Bertz CT molecular complexity index is 413. The molecule has 0 bridgehead atoms. The van der Waals surface area contributed by atoms with Crippen LogP contribution in [0.4, 0.5) is 0 Å². The molecule has 1 aliphatic heterocycles. The topological polar surface area (TPSA) is 47.9 Å². The fourth-order valence-electron chi connectivity index (χ4n) is 2.54. The van der Waals surface area contributed by atoms with Gasteiger partial charge in [0.2, 0.25) is 0 Å². The molecule has 1 heterocycles. The van der Waals surface area contributed by atoms with Gasteiger partial charge in [-0.05, 0) is 44.4 Å². The number of benzene rings is 1. The first-order chi connectivity index (χ1) is 9.76. The van der Waals surface area contributed by atoms with Crippen molar-refractivity contribution >= 4 is 0 Å². The average molecular weight is 280 g/mol. The van der Waals surface area contributed by atoms with Crippen LogP contribution in [0.25, 0.3) is 0 Å². The molecule has 0 amide bonds. The van der Waals surface area contributed by atoms with Crippen LogP contribution < -0.4 is 9.47 Å². The zero-order chi connectivity index (χ0) is 14.4. The Morgan fingerprint density at radius 2 is 2.00 bits per heavy atom. The van der Waals surface area contributed by atoms with E-state index in [1.54, 1.807) is 0 Å². The number of aliphatic hydroxyl groups excluding tert-OH is 1.